The van der Waals surface area contributed by atoms with E-state index >= 15 is 0 Å². The van der Waals surface area contributed by atoms with Gasteiger partial charge in [0.15, 0.2) is 0 Å². The van der Waals surface area contributed by atoms with Crippen LogP contribution in [0.4, 0.5) is 5.82 Å². The van der Waals surface area contributed by atoms with Crippen LogP contribution in [0.2, 0.25) is 10.0 Å². The van der Waals surface area contributed by atoms with E-state index in [1.165, 1.54) is 0 Å². The number of hydrogen-bond donors (Lipinski definition) is 1. The molecule has 0 bridgehead atoms. The fourth-order valence-corrected chi connectivity index (χ4v) is 2.47. The Morgan fingerprint density at radius 2 is 1.94 bits per heavy atom. The second-order valence-electron chi connectivity index (χ2n) is 4.18. The molecule has 0 spiro atoms. The van der Waals surface area contributed by atoms with Crippen molar-refractivity contribution in [1.82, 2.24) is 4.98 Å². The fourth-order valence-electron chi connectivity index (χ4n) is 1.55. The second kappa shape index (κ2) is 6.67. The highest BCUT2D eigenvalue weighted by Gasteiger charge is 2.25. The molecule has 0 aliphatic heterocycles. The van der Waals surface area contributed by atoms with Gasteiger partial charge in [-0.2, -0.15) is 0 Å². The molecule has 0 aliphatic rings. The molecule has 1 heterocycles. The van der Waals surface area contributed by atoms with Gasteiger partial charge in [0.1, 0.15) is 5.82 Å². The molecule has 1 aromatic rings. The highest BCUT2D eigenvalue weighted by Crippen LogP contribution is 2.30. The lowest BCUT2D eigenvalue weighted by Crippen LogP contribution is -2.30. The number of aromatic nitrogens is 1. The van der Waals surface area contributed by atoms with E-state index in [4.69, 9.17) is 34.8 Å². The summed E-state index contributed by atoms with van der Waals surface area (Å²) in [6.07, 6.45) is 3.62. The van der Waals surface area contributed by atoms with Crippen molar-refractivity contribution in [3.63, 3.8) is 0 Å². The normalized spacial score (nSPS) is 11.6. The molecule has 0 unspecified atom stereocenters. The summed E-state index contributed by atoms with van der Waals surface area (Å²) in [5.74, 6) is 1.28. The third-order valence-electron chi connectivity index (χ3n) is 3.22. The van der Waals surface area contributed by atoms with Gasteiger partial charge in [-0.1, -0.05) is 37.0 Å². The SMILES string of the molecule is CCC(CC)(CCl)CNc1ncc(Cl)cc1Cl. The minimum atomic E-state index is 0.0895. The molecule has 1 N–H and O–H groups in total. The molecule has 1 aromatic heterocycles. The van der Waals surface area contributed by atoms with Crippen molar-refractivity contribution in [2.24, 2.45) is 5.41 Å². The van der Waals surface area contributed by atoms with Crippen molar-refractivity contribution >= 4 is 40.6 Å². The van der Waals surface area contributed by atoms with Gasteiger partial charge < -0.3 is 5.32 Å². The number of nitrogens with zero attached hydrogens (tertiary/aromatic N) is 1. The van der Waals surface area contributed by atoms with Gasteiger partial charge in [0, 0.05) is 24.0 Å². The van der Waals surface area contributed by atoms with Crippen LogP contribution in [0, 0.1) is 5.41 Å². The van der Waals surface area contributed by atoms with Crippen LogP contribution in [0.5, 0.6) is 0 Å². The predicted octanol–water partition coefficient (Wildman–Crippen LogP) is 4.85. The third-order valence-corrected chi connectivity index (χ3v) is 4.28. The molecule has 2 nitrogen and oxygen atoms in total. The van der Waals surface area contributed by atoms with E-state index in [9.17, 15) is 0 Å². The fraction of sp³-hybridized carbons (Fsp3) is 0.583. The van der Waals surface area contributed by atoms with Crippen LogP contribution >= 0.6 is 34.8 Å². The Bertz CT molecular complexity index is 357. The molecular formula is C12H17Cl3N2. The van der Waals surface area contributed by atoms with Crippen molar-refractivity contribution in [3.05, 3.63) is 22.3 Å². The van der Waals surface area contributed by atoms with E-state index in [0.717, 1.165) is 19.4 Å². The molecule has 0 aromatic carbocycles. The van der Waals surface area contributed by atoms with Gasteiger partial charge in [0.25, 0.3) is 0 Å². The predicted molar refractivity (Wildman–Crippen MR) is 76.5 cm³/mol. The molecule has 0 atom stereocenters. The van der Waals surface area contributed by atoms with Crippen LogP contribution in [0.15, 0.2) is 12.3 Å². The van der Waals surface area contributed by atoms with Crippen LogP contribution in [-0.4, -0.2) is 17.4 Å². The first kappa shape index (κ1) is 14.9. The van der Waals surface area contributed by atoms with E-state index in [-0.39, 0.29) is 5.41 Å². The number of nitrogens with one attached hydrogen (secondary N) is 1. The highest BCUT2D eigenvalue weighted by atomic mass is 35.5. The summed E-state index contributed by atoms with van der Waals surface area (Å²) in [6.45, 7) is 5.05. The van der Waals surface area contributed by atoms with Crippen LogP contribution in [0.25, 0.3) is 0 Å². The van der Waals surface area contributed by atoms with Crippen LogP contribution in [0.3, 0.4) is 0 Å². The molecule has 1 rings (SSSR count). The first-order chi connectivity index (χ1) is 8.06. The maximum absolute atomic E-state index is 6.05. The molecule has 0 radical (unpaired) electrons. The van der Waals surface area contributed by atoms with E-state index in [2.05, 4.69) is 24.1 Å². The molecule has 0 saturated heterocycles. The van der Waals surface area contributed by atoms with Gasteiger partial charge in [-0.3, -0.25) is 0 Å². The van der Waals surface area contributed by atoms with E-state index in [1.54, 1.807) is 12.3 Å². The van der Waals surface area contributed by atoms with Gasteiger partial charge in [-0.15, -0.1) is 11.6 Å². The standard InChI is InChI=1S/C12H17Cl3N2/c1-3-12(4-2,7-13)8-17-11-10(15)5-9(14)6-16-11/h5-6H,3-4,7-8H2,1-2H3,(H,16,17). The van der Waals surface area contributed by atoms with E-state index < -0.39 is 0 Å². The molecule has 96 valence electrons. The summed E-state index contributed by atoms with van der Waals surface area (Å²) < 4.78 is 0. The Balaban J connectivity index is 2.72. The lowest BCUT2D eigenvalue weighted by atomic mass is 9.84. The Morgan fingerprint density at radius 3 is 2.41 bits per heavy atom. The van der Waals surface area contributed by atoms with E-state index in [1.807, 2.05) is 0 Å². The van der Waals surface area contributed by atoms with Crippen molar-refractivity contribution in [2.45, 2.75) is 26.7 Å². The summed E-state index contributed by atoms with van der Waals surface area (Å²) >= 11 is 17.9. The molecule has 0 amide bonds. The number of anilines is 1. The maximum atomic E-state index is 6.05. The van der Waals surface area contributed by atoms with Gasteiger partial charge in [-0.25, -0.2) is 4.98 Å². The second-order valence-corrected chi connectivity index (χ2v) is 5.29. The summed E-state index contributed by atoms with van der Waals surface area (Å²) in [7, 11) is 0. The highest BCUT2D eigenvalue weighted by molar-refractivity contribution is 6.35. The van der Waals surface area contributed by atoms with Crippen molar-refractivity contribution < 1.29 is 0 Å². The first-order valence-electron chi connectivity index (χ1n) is 5.68. The lowest BCUT2D eigenvalue weighted by Gasteiger charge is -2.29. The van der Waals surface area contributed by atoms with Gasteiger partial charge in [-0.05, 0) is 18.9 Å². The zero-order chi connectivity index (χ0) is 12.9. The quantitative estimate of drug-likeness (QED) is 0.759. The lowest BCUT2D eigenvalue weighted by molar-refractivity contribution is 0.326. The van der Waals surface area contributed by atoms with E-state index in [0.29, 0.717) is 21.7 Å². The minimum absolute atomic E-state index is 0.0895. The third kappa shape index (κ3) is 3.90. The van der Waals surface area contributed by atoms with Gasteiger partial charge in [0.05, 0.1) is 10.0 Å². The van der Waals surface area contributed by atoms with Crippen molar-refractivity contribution in [1.29, 1.82) is 0 Å². The zero-order valence-electron chi connectivity index (χ0n) is 10.1. The average molecular weight is 296 g/mol. The summed E-state index contributed by atoms with van der Waals surface area (Å²) in [5, 5.41) is 4.32. The molecule has 0 aliphatic carbocycles. The number of hydrogen-bond acceptors (Lipinski definition) is 2. The molecule has 5 heteroatoms. The number of halogens is 3. The van der Waals surface area contributed by atoms with Gasteiger partial charge in [0.2, 0.25) is 0 Å². The Hall–Kier alpha value is -0.180. The summed E-state index contributed by atoms with van der Waals surface area (Å²) in [4.78, 5) is 4.17. The van der Waals surface area contributed by atoms with Crippen LogP contribution < -0.4 is 5.32 Å². The van der Waals surface area contributed by atoms with Gasteiger partial charge >= 0.3 is 0 Å². The number of rotatable bonds is 6. The van der Waals surface area contributed by atoms with Crippen LogP contribution in [-0.2, 0) is 0 Å². The molecule has 0 fully saturated rings. The number of pyridine rings is 1. The molecular weight excluding hydrogens is 279 g/mol. The Kier molecular flexibility index (Phi) is 5.84. The first-order valence-corrected chi connectivity index (χ1v) is 6.97. The smallest absolute Gasteiger partial charge is 0.144 e. The van der Waals surface area contributed by atoms with Crippen molar-refractivity contribution in [2.75, 3.05) is 17.7 Å². The molecule has 0 saturated carbocycles. The Morgan fingerprint density at radius 1 is 1.29 bits per heavy atom. The largest absolute Gasteiger partial charge is 0.368 e. The average Bonchev–Trinajstić information content (AvgIpc) is 2.33. The zero-order valence-corrected chi connectivity index (χ0v) is 12.3. The van der Waals surface area contributed by atoms with Crippen LogP contribution in [0.1, 0.15) is 26.7 Å². The summed E-state index contributed by atoms with van der Waals surface area (Å²) in [6, 6.07) is 1.68. The monoisotopic (exact) mass is 294 g/mol. The Labute approximate surface area is 118 Å². The molecule has 17 heavy (non-hydrogen) atoms. The minimum Gasteiger partial charge on any atom is -0.368 e. The maximum Gasteiger partial charge on any atom is 0.144 e. The summed E-state index contributed by atoms with van der Waals surface area (Å²) in [5.41, 5.74) is 0.0895. The number of alkyl halides is 1. The topological polar surface area (TPSA) is 24.9 Å². The van der Waals surface area contributed by atoms with Crippen molar-refractivity contribution in [3.8, 4) is 0 Å².